The Hall–Kier alpha value is -2.47. The third-order valence-corrected chi connectivity index (χ3v) is 4.99. The summed E-state index contributed by atoms with van der Waals surface area (Å²) in [5, 5.41) is 3.70. The molecule has 2 aromatic heterocycles. The fourth-order valence-corrected chi connectivity index (χ4v) is 3.31. The number of rotatable bonds is 12. The van der Waals surface area contributed by atoms with Gasteiger partial charge in [0.15, 0.2) is 0 Å². The molecule has 0 saturated carbocycles. The number of hydrogen-bond acceptors (Lipinski definition) is 6. The summed E-state index contributed by atoms with van der Waals surface area (Å²) in [4.78, 5) is 23.7. The van der Waals surface area contributed by atoms with Crippen LogP contribution in [-0.2, 0) is 0 Å². The Morgan fingerprint density at radius 2 is 1.97 bits per heavy atom. The molecule has 0 saturated heterocycles. The lowest BCUT2D eigenvalue weighted by Gasteiger charge is -2.28. The molecule has 0 aliphatic rings. The molecule has 0 bridgehead atoms. The molecule has 2 rings (SSSR count). The summed E-state index contributed by atoms with van der Waals surface area (Å²) in [7, 11) is 0. The first kappa shape index (κ1) is 22.8. The van der Waals surface area contributed by atoms with Gasteiger partial charge in [0.1, 0.15) is 17.3 Å². The molecule has 6 heteroatoms. The molecule has 0 aliphatic heterocycles. The Morgan fingerprint density at radius 3 is 2.62 bits per heavy atom. The zero-order valence-corrected chi connectivity index (χ0v) is 18.2. The van der Waals surface area contributed by atoms with Crippen molar-refractivity contribution in [2.45, 2.75) is 53.0 Å². The van der Waals surface area contributed by atoms with Crippen molar-refractivity contribution in [3.8, 4) is 0 Å². The number of pyridine rings is 2. The molecule has 6 nitrogen and oxygen atoms in total. The number of likely N-dealkylation sites (N-methyl/N-ethyl adjacent to an activating group) is 1. The molecular weight excluding hydrogens is 362 g/mol. The van der Waals surface area contributed by atoms with Crippen molar-refractivity contribution in [1.82, 2.24) is 15.3 Å². The topological polar surface area (TPSA) is 84.1 Å². The van der Waals surface area contributed by atoms with E-state index >= 15 is 0 Å². The fourth-order valence-electron chi connectivity index (χ4n) is 3.31. The Morgan fingerprint density at radius 1 is 1.17 bits per heavy atom. The van der Waals surface area contributed by atoms with Gasteiger partial charge in [0, 0.05) is 25.3 Å². The summed E-state index contributed by atoms with van der Waals surface area (Å²) in [6.45, 7) is 11.5. The number of aromatic nitrogens is 2. The van der Waals surface area contributed by atoms with E-state index in [9.17, 15) is 4.79 Å². The maximum atomic E-state index is 12.8. The second kappa shape index (κ2) is 11.5. The van der Waals surface area contributed by atoms with Crippen LogP contribution in [0.1, 0.15) is 63.0 Å². The number of carbonyl (C=O) groups is 1. The highest BCUT2D eigenvalue weighted by Gasteiger charge is 2.18. The first-order valence-corrected chi connectivity index (χ1v) is 10.7. The SMILES string of the molecule is CCC[C@H](CN(CC)c1cccc(C(=O)c2cccnc2N)n1)NCCC(C)C. The second-order valence-electron chi connectivity index (χ2n) is 7.81. The van der Waals surface area contributed by atoms with Gasteiger partial charge in [0.25, 0.3) is 0 Å². The van der Waals surface area contributed by atoms with E-state index in [0.29, 0.717) is 23.2 Å². The molecule has 3 N–H and O–H groups in total. The van der Waals surface area contributed by atoms with Gasteiger partial charge in [-0.05, 0) is 56.5 Å². The van der Waals surface area contributed by atoms with Crippen molar-refractivity contribution in [3.63, 3.8) is 0 Å². The fraction of sp³-hybridized carbons (Fsp3) is 0.522. The monoisotopic (exact) mass is 397 g/mol. The minimum atomic E-state index is -0.200. The summed E-state index contributed by atoms with van der Waals surface area (Å²) in [5.41, 5.74) is 6.65. The Labute approximate surface area is 174 Å². The largest absolute Gasteiger partial charge is 0.383 e. The lowest BCUT2D eigenvalue weighted by atomic mass is 10.1. The maximum Gasteiger partial charge on any atom is 0.215 e. The van der Waals surface area contributed by atoms with Gasteiger partial charge < -0.3 is 16.0 Å². The van der Waals surface area contributed by atoms with Gasteiger partial charge in [0.2, 0.25) is 5.78 Å². The van der Waals surface area contributed by atoms with E-state index in [0.717, 1.165) is 38.3 Å². The summed E-state index contributed by atoms with van der Waals surface area (Å²) in [6, 6.07) is 9.37. The standard InChI is InChI=1S/C23H35N5O/c1-5-9-18(25-15-13-17(3)4)16-28(6-2)21-12-7-11-20(27-21)22(29)19-10-8-14-26-23(19)24/h7-8,10-12,14,17-18,25H,5-6,9,13,15-16H2,1-4H3,(H2,24,26)/t18-/m1/s1. The van der Waals surface area contributed by atoms with Crippen molar-refractivity contribution in [1.29, 1.82) is 0 Å². The molecule has 0 aromatic carbocycles. The van der Waals surface area contributed by atoms with E-state index < -0.39 is 0 Å². The molecule has 0 spiro atoms. The highest BCUT2D eigenvalue weighted by Crippen LogP contribution is 2.17. The predicted octanol–water partition coefficient (Wildman–Crippen LogP) is 3.92. The first-order valence-electron chi connectivity index (χ1n) is 10.7. The smallest absolute Gasteiger partial charge is 0.215 e. The predicted molar refractivity (Wildman–Crippen MR) is 120 cm³/mol. The number of nitrogens with zero attached hydrogens (tertiary/aromatic N) is 3. The van der Waals surface area contributed by atoms with Gasteiger partial charge in [-0.15, -0.1) is 0 Å². The third kappa shape index (κ3) is 6.82. The van der Waals surface area contributed by atoms with Crippen LogP contribution in [0.2, 0.25) is 0 Å². The number of carbonyl (C=O) groups excluding carboxylic acids is 1. The van der Waals surface area contributed by atoms with Crippen LogP contribution < -0.4 is 16.0 Å². The zero-order valence-electron chi connectivity index (χ0n) is 18.2. The highest BCUT2D eigenvalue weighted by atomic mass is 16.1. The summed E-state index contributed by atoms with van der Waals surface area (Å²) in [5.74, 6) is 1.53. The van der Waals surface area contributed by atoms with Crippen molar-refractivity contribution in [2.75, 3.05) is 30.3 Å². The third-order valence-electron chi connectivity index (χ3n) is 4.99. The maximum absolute atomic E-state index is 12.8. The van der Waals surface area contributed by atoms with E-state index in [-0.39, 0.29) is 11.6 Å². The minimum Gasteiger partial charge on any atom is -0.383 e. The minimum absolute atomic E-state index is 0.200. The highest BCUT2D eigenvalue weighted by molar-refractivity contribution is 6.10. The van der Waals surface area contributed by atoms with Crippen LogP contribution in [0.5, 0.6) is 0 Å². The molecule has 0 aliphatic carbocycles. The molecule has 158 valence electrons. The number of anilines is 2. The van der Waals surface area contributed by atoms with E-state index in [2.05, 4.69) is 47.9 Å². The first-order chi connectivity index (χ1) is 14.0. The zero-order chi connectivity index (χ0) is 21.2. The van der Waals surface area contributed by atoms with Crippen molar-refractivity contribution in [2.24, 2.45) is 5.92 Å². The van der Waals surface area contributed by atoms with Crippen molar-refractivity contribution in [3.05, 3.63) is 47.8 Å². The molecule has 2 aromatic rings. The molecule has 29 heavy (non-hydrogen) atoms. The molecule has 0 amide bonds. The van der Waals surface area contributed by atoms with Crippen LogP contribution >= 0.6 is 0 Å². The van der Waals surface area contributed by atoms with Crippen molar-refractivity contribution >= 4 is 17.4 Å². The number of nitrogens with two attached hydrogens (primary N) is 1. The average Bonchev–Trinajstić information content (AvgIpc) is 2.71. The van der Waals surface area contributed by atoms with E-state index in [1.165, 1.54) is 6.42 Å². The van der Waals surface area contributed by atoms with Gasteiger partial charge >= 0.3 is 0 Å². The lowest BCUT2D eigenvalue weighted by molar-refractivity contribution is 0.103. The van der Waals surface area contributed by atoms with Gasteiger partial charge in [-0.2, -0.15) is 0 Å². The summed E-state index contributed by atoms with van der Waals surface area (Å²) >= 11 is 0. The van der Waals surface area contributed by atoms with Crippen LogP contribution in [0, 0.1) is 5.92 Å². The van der Waals surface area contributed by atoms with Gasteiger partial charge in [-0.25, -0.2) is 9.97 Å². The van der Waals surface area contributed by atoms with Gasteiger partial charge in [-0.3, -0.25) is 4.79 Å². The Kier molecular flexibility index (Phi) is 9.06. The molecule has 1 atom stereocenters. The molecule has 0 radical (unpaired) electrons. The molecular formula is C23H35N5O. The van der Waals surface area contributed by atoms with Gasteiger partial charge in [0.05, 0.1) is 5.56 Å². The second-order valence-corrected chi connectivity index (χ2v) is 7.81. The molecule has 0 fully saturated rings. The number of hydrogen-bond donors (Lipinski definition) is 2. The average molecular weight is 398 g/mol. The molecule has 2 heterocycles. The number of nitrogen functional groups attached to an aromatic ring is 1. The number of nitrogens with one attached hydrogen (secondary N) is 1. The number of ketones is 1. The van der Waals surface area contributed by atoms with Crippen LogP contribution in [0.25, 0.3) is 0 Å². The Balaban J connectivity index is 2.15. The van der Waals surface area contributed by atoms with E-state index in [1.807, 2.05) is 12.1 Å². The molecule has 0 unspecified atom stereocenters. The van der Waals surface area contributed by atoms with Crippen molar-refractivity contribution < 1.29 is 4.79 Å². The summed E-state index contributed by atoms with van der Waals surface area (Å²) in [6.07, 6.45) is 4.98. The lowest BCUT2D eigenvalue weighted by Crippen LogP contribution is -2.42. The summed E-state index contributed by atoms with van der Waals surface area (Å²) < 4.78 is 0. The van der Waals surface area contributed by atoms with Gasteiger partial charge in [-0.1, -0.05) is 33.3 Å². The van der Waals surface area contributed by atoms with E-state index in [4.69, 9.17) is 5.73 Å². The van der Waals surface area contributed by atoms with Crippen LogP contribution in [0.15, 0.2) is 36.5 Å². The van der Waals surface area contributed by atoms with E-state index in [1.54, 1.807) is 24.4 Å². The normalized spacial score (nSPS) is 12.2. The quantitative estimate of drug-likeness (QED) is 0.528. The van der Waals surface area contributed by atoms with Crippen LogP contribution in [0.4, 0.5) is 11.6 Å². The Bertz CT molecular complexity index is 777. The van der Waals surface area contributed by atoms with Crippen LogP contribution in [-0.4, -0.2) is 41.4 Å². The van der Waals surface area contributed by atoms with Crippen LogP contribution in [0.3, 0.4) is 0 Å².